The Morgan fingerprint density at radius 2 is 1.72 bits per heavy atom. The number of nitrogens with zero attached hydrogens (tertiary/aromatic N) is 2. The number of amides is 1. The Kier molecular flexibility index (Phi) is 8.88. The van der Waals surface area contributed by atoms with Crippen LogP contribution < -0.4 is 24.8 Å². The van der Waals surface area contributed by atoms with Crippen molar-refractivity contribution in [3.63, 3.8) is 0 Å². The lowest BCUT2D eigenvalue weighted by Gasteiger charge is -2.26. The first-order valence-electron chi connectivity index (χ1n) is 11.7. The molecule has 2 aliphatic rings. The number of hydrogen-bond acceptors (Lipinski definition) is 5. The molecule has 0 spiro atoms. The molecule has 0 aromatic heterocycles. The number of methoxy groups -OCH3 is 3. The predicted molar refractivity (Wildman–Crippen MR) is 126 cm³/mol. The number of rotatable bonds is 8. The maximum Gasteiger partial charge on any atom is 0.225 e. The maximum absolute atomic E-state index is 12.9. The van der Waals surface area contributed by atoms with Crippen LogP contribution in [0, 0.1) is 5.92 Å². The molecular weight excluding hydrogens is 408 g/mol. The highest BCUT2D eigenvalue weighted by atomic mass is 16.5. The van der Waals surface area contributed by atoms with Crippen LogP contribution in [0.5, 0.6) is 17.2 Å². The summed E-state index contributed by atoms with van der Waals surface area (Å²) in [5, 5.41) is 6.83. The van der Waals surface area contributed by atoms with Gasteiger partial charge in [0.2, 0.25) is 5.91 Å². The number of carbonyl (C=O) groups is 1. The van der Waals surface area contributed by atoms with Gasteiger partial charge in [0, 0.05) is 43.2 Å². The third-order valence-electron chi connectivity index (χ3n) is 6.33. The molecule has 1 aliphatic carbocycles. The molecule has 2 fully saturated rings. The third kappa shape index (κ3) is 5.99. The minimum absolute atomic E-state index is 0.202. The molecule has 0 radical (unpaired) electrons. The van der Waals surface area contributed by atoms with Crippen LogP contribution in [0.4, 0.5) is 0 Å². The molecule has 1 saturated heterocycles. The lowest BCUT2D eigenvalue weighted by molar-refractivity contribution is -0.135. The van der Waals surface area contributed by atoms with Gasteiger partial charge in [-0.3, -0.25) is 4.79 Å². The second-order valence-corrected chi connectivity index (χ2v) is 8.46. The van der Waals surface area contributed by atoms with Crippen molar-refractivity contribution in [2.45, 2.75) is 58.0 Å². The first kappa shape index (κ1) is 24.0. The van der Waals surface area contributed by atoms with Crippen molar-refractivity contribution in [3.05, 3.63) is 17.7 Å². The fourth-order valence-electron chi connectivity index (χ4n) is 4.58. The summed E-state index contributed by atoms with van der Waals surface area (Å²) in [5.74, 6) is 3.27. The van der Waals surface area contributed by atoms with Gasteiger partial charge < -0.3 is 29.7 Å². The number of likely N-dealkylation sites (tertiary alicyclic amines) is 1. The van der Waals surface area contributed by atoms with Gasteiger partial charge in [0.1, 0.15) is 5.75 Å². The number of hydrogen-bond donors (Lipinski definition) is 2. The van der Waals surface area contributed by atoms with Crippen LogP contribution in [0.1, 0.15) is 51.0 Å². The highest BCUT2D eigenvalue weighted by molar-refractivity contribution is 5.81. The zero-order chi connectivity index (χ0) is 22.9. The molecule has 3 rings (SSSR count). The molecule has 178 valence electrons. The summed E-state index contributed by atoms with van der Waals surface area (Å²) in [5.41, 5.74) is 0.905. The SMILES string of the molecule is CCNC(=NCc1cc(OC)c(OC)cc1OC)NC1CCN(C(=O)C2CCCCC2)C1. The topological polar surface area (TPSA) is 84.4 Å². The minimum atomic E-state index is 0.202. The molecule has 2 N–H and O–H groups in total. The zero-order valence-corrected chi connectivity index (χ0v) is 19.9. The summed E-state index contributed by atoms with van der Waals surface area (Å²) in [7, 11) is 4.85. The highest BCUT2D eigenvalue weighted by Crippen LogP contribution is 2.35. The van der Waals surface area contributed by atoms with E-state index in [0.29, 0.717) is 29.7 Å². The molecule has 1 saturated carbocycles. The van der Waals surface area contributed by atoms with E-state index in [2.05, 4.69) is 10.6 Å². The average Bonchev–Trinajstić information content (AvgIpc) is 3.30. The lowest BCUT2D eigenvalue weighted by Crippen LogP contribution is -2.45. The van der Waals surface area contributed by atoms with Crippen molar-refractivity contribution in [2.75, 3.05) is 41.0 Å². The molecule has 8 heteroatoms. The summed E-state index contributed by atoms with van der Waals surface area (Å²) in [6.45, 7) is 4.78. The first-order chi connectivity index (χ1) is 15.6. The summed E-state index contributed by atoms with van der Waals surface area (Å²) < 4.78 is 16.3. The van der Waals surface area contributed by atoms with Crippen LogP contribution in [-0.2, 0) is 11.3 Å². The normalized spacial score (nSPS) is 19.6. The van der Waals surface area contributed by atoms with E-state index in [1.165, 1.54) is 19.3 Å². The van der Waals surface area contributed by atoms with Crippen molar-refractivity contribution in [1.29, 1.82) is 0 Å². The predicted octanol–water partition coefficient (Wildman–Crippen LogP) is 2.95. The van der Waals surface area contributed by atoms with E-state index < -0.39 is 0 Å². The quantitative estimate of drug-likeness (QED) is 0.472. The molecule has 1 unspecified atom stereocenters. The summed E-state index contributed by atoms with van der Waals surface area (Å²) in [6.07, 6.45) is 6.66. The fourth-order valence-corrected chi connectivity index (χ4v) is 4.58. The van der Waals surface area contributed by atoms with Crippen molar-refractivity contribution in [2.24, 2.45) is 10.9 Å². The Morgan fingerprint density at radius 1 is 1.03 bits per heavy atom. The van der Waals surface area contributed by atoms with Gasteiger partial charge in [-0.1, -0.05) is 19.3 Å². The Bertz CT molecular complexity index is 792. The lowest BCUT2D eigenvalue weighted by atomic mass is 9.88. The molecule has 1 atom stereocenters. The number of nitrogens with one attached hydrogen (secondary N) is 2. The summed E-state index contributed by atoms with van der Waals surface area (Å²) in [6, 6.07) is 3.91. The van der Waals surface area contributed by atoms with E-state index in [1.54, 1.807) is 21.3 Å². The monoisotopic (exact) mass is 446 g/mol. The van der Waals surface area contributed by atoms with Crippen LogP contribution in [0.3, 0.4) is 0 Å². The Morgan fingerprint density at radius 3 is 2.38 bits per heavy atom. The van der Waals surface area contributed by atoms with Gasteiger partial charge in [-0.2, -0.15) is 0 Å². The Labute approximate surface area is 191 Å². The zero-order valence-electron chi connectivity index (χ0n) is 19.9. The van der Waals surface area contributed by atoms with Gasteiger partial charge in [-0.25, -0.2) is 4.99 Å². The largest absolute Gasteiger partial charge is 0.496 e. The van der Waals surface area contributed by atoms with Gasteiger partial charge in [0.05, 0.1) is 27.9 Å². The molecule has 1 aromatic carbocycles. The number of ether oxygens (including phenoxy) is 3. The molecule has 8 nitrogen and oxygen atoms in total. The molecule has 1 aromatic rings. The van der Waals surface area contributed by atoms with Crippen LogP contribution in [0.25, 0.3) is 0 Å². The number of carbonyl (C=O) groups excluding carboxylic acids is 1. The summed E-state index contributed by atoms with van der Waals surface area (Å²) in [4.78, 5) is 19.7. The van der Waals surface area contributed by atoms with Crippen molar-refractivity contribution in [1.82, 2.24) is 15.5 Å². The molecule has 32 heavy (non-hydrogen) atoms. The van der Waals surface area contributed by atoms with Crippen molar-refractivity contribution >= 4 is 11.9 Å². The maximum atomic E-state index is 12.9. The Balaban J connectivity index is 1.64. The van der Waals surface area contributed by atoms with E-state index in [4.69, 9.17) is 19.2 Å². The molecule has 1 heterocycles. The fraction of sp³-hybridized carbons (Fsp3) is 0.667. The van der Waals surface area contributed by atoms with E-state index in [-0.39, 0.29) is 12.0 Å². The van der Waals surface area contributed by atoms with Gasteiger partial charge in [0.15, 0.2) is 17.5 Å². The van der Waals surface area contributed by atoms with Gasteiger partial charge in [-0.05, 0) is 32.3 Å². The molecule has 1 aliphatic heterocycles. The van der Waals surface area contributed by atoms with Gasteiger partial charge in [0.25, 0.3) is 0 Å². The third-order valence-corrected chi connectivity index (χ3v) is 6.33. The van der Waals surface area contributed by atoms with Gasteiger partial charge >= 0.3 is 0 Å². The highest BCUT2D eigenvalue weighted by Gasteiger charge is 2.31. The average molecular weight is 447 g/mol. The number of guanidine groups is 1. The van der Waals surface area contributed by atoms with E-state index in [1.807, 2.05) is 24.0 Å². The number of benzene rings is 1. The van der Waals surface area contributed by atoms with Crippen LogP contribution in [0.2, 0.25) is 0 Å². The minimum Gasteiger partial charge on any atom is -0.496 e. The van der Waals surface area contributed by atoms with Crippen LogP contribution in [-0.4, -0.2) is 63.8 Å². The van der Waals surface area contributed by atoms with Crippen molar-refractivity contribution < 1.29 is 19.0 Å². The first-order valence-corrected chi connectivity index (χ1v) is 11.7. The van der Waals surface area contributed by atoms with E-state index in [9.17, 15) is 4.79 Å². The standard InChI is InChI=1S/C24H38N4O4/c1-5-25-24(26-15-18-13-21(31-3)22(32-4)14-20(18)30-2)27-19-11-12-28(16-19)23(29)17-9-7-6-8-10-17/h13-14,17,19H,5-12,15-16H2,1-4H3,(H2,25,26,27). The molecule has 0 bridgehead atoms. The second kappa shape index (κ2) is 11.8. The second-order valence-electron chi connectivity index (χ2n) is 8.46. The molecule has 1 amide bonds. The number of aliphatic imine (C=N–C) groups is 1. The van der Waals surface area contributed by atoms with E-state index >= 15 is 0 Å². The van der Waals surface area contributed by atoms with Gasteiger partial charge in [-0.15, -0.1) is 0 Å². The summed E-state index contributed by atoms with van der Waals surface area (Å²) >= 11 is 0. The Hall–Kier alpha value is -2.64. The smallest absolute Gasteiger partial charge is 0.225 e. The van der Waals surface area contributed by atoms with E-state index in [0.717, 1.165) is 50.4 Å². The molecular formula is C24H38N4O4. The van der Waals surface area contributed by atoms with Crippen molar-refractivity contribution in [3.8, 4) is 17.2 Å². The van der Waals surface area contributed by atoms with Crippen LogP contribution >= 0.6 is 0 Å². The van der Waals surface area contributed by atoms with Crippen LogP contribution in [0.15, 0.2) is 17.1 Å².